The van der Waals surface area contributed by atoms with Crippen molar-refractivity contribution in [2.24, 2.45) is 0 Å². The minimum absolute atomic E-state index is 0.127. The topological polar surface area (TPSA) is 3.24 Å². The molecule has 10 aromatic rings. The van der Waals surface area contributed by atoms with Gasteiger partial charge in [0, 0.05) is 22.5 Å². The predicted octanol–water partition coefficient (Wildman–Crippen LogP) is 16.8. The monoisotopic (exact) mass is 829 g/mol. The Hall–Kier alpha value is -8.00. The van der Waals surface area contributed by atoms with Gasteiger partial charge in [-0.1, -0.05) is 220 Å². The first kappa shape index (κ1) is 38.7. The predicted molar refractivity (Wildman–Crippen MR) is 272 cm³/mol. The molecule has 0 unspecified atom stereocenters. The molecular formula is C64H47N. The molecule has 0 saturated carbocycles. The van der Waals surface area contributed by atoms with Crippen molar-refractivity contribution < 1.29 is 0 Å². The van der Waals surface area contributed by atoms with Gasteiger partial charge in [-0.15, -0.1) is 0 Å². The molecule has 0 aromatic heterocycles. The second kappa shape index (κ2) is 15.4. The molecule has 0 fully saturated rings. The summed E-state index contributed by atoms with van der Waals surface area (Å²) >= 11 is 0. The van der Waals surface area contributed by atoms with E-state index < -0.39 is 5.41 Å². The maximum absolute atomic E-state index is 2.49. The molecule has 0 radical (unpaired) electrons. The largest absolute Gasteiger partial charge is 0.310 e. The maximum atomic E-state index is 2.49. The first-order valence-corrected chi connectivity index (χ1v) is 22.7. The second-order valence-electron chi connectivity index (χ2n) is 18.1. The molecule has 0 N–H and O–H groups in total. The first-order valence-electron chi connectivity index (χ1n) is 22.7. The number of hydrogen-bond acceptors (Lipinski definition) is 1. The molecule has 12 rings (SSSR count). The minimum atomic E-state index is -0.416. The van der Waals surface area contributed by atoms with Crippen molar-refractivity contribution in [1.82, 2.24) is 0 Å². The Morgan fingerprint density at radius 2 is 0.615 bits per heavy atom. The van der Waals surface area contributed by atoms with Gasteiger partial charge >= 0.3 is 0 Å². The summed E-state index contributed by atoms with van der Waals surface area (Å²) in [7, 11) is 0. The smallest absolute Gasteiger partial charge is 0.0719 e. The molecule has 1 heteroatoms. The average molecular weight is 830 g/mol. The van der Waals surface area contributed by atoms with Gasteiger partial charge in [-0.3, -0.25) is 0 Å². The SMILES string of the molecule is CC1(C)c2ccccc2C2(c3ccccc3-c3ccc(-c4ccc(-c5cccc(N(c6ccc(-c7ccccc7)cc6)c6ccc(-c7ccccc7)cc6)c5)cc4)cc32)c2ccccc21. The number of nitrogens with zero attached hydrogens (tertiary/aromatic N) is 1. The van der Waals surface area contributed by atoms with E-state index in [4.69, 9.17) is 0 Å². The fourth-order valence-corrected chi connectivity index (χ4v) is 11.0. The van der Waals surface area contributed by atoms with E-state index in [1.165, 1.54) is 89.0 Å². The van der Waals surface area contributed by atoms with Crippen LogP contribution in [0.15, 0.2) is 249 Å². The number of hydrogen-bond donors (Lipinski definition) is 0. The summed E-state index contributed by atoms with van der Waals surface area (Å²) in [6, 6.07) is 91.8. The summed E-state index contributed by atoms with van der Waals surface area (Å²) in [4.78, 5) is 2.36. The molecule has 1 spiro atoms. The van der Waals surface area contributed by atoms with E-state index in [2.05, 4.69) is 267 Å². The van der Waals surface area contributed by atoms with Crippen LogP contribution >= 0.6 is 0 Å². The zero-order valence-electron chi connectivity index (χ0n) is 36.6. The summed E-state index contributed by atoms with van der Waals surface area (Å²) in [6.07, 6.45) is 0. The van der Waals surface area contributed by atoms with Crippen LogP contribution in [0, 0.1) is 0 Å². The molecule has 1 nitrogen and oxygen atoms in total. The Kier molecular flexibility index (Phi) is 9.14. The molecule has 10 aromatic carbocycles. The van der Waals surface area contributed by atoms with Gasteiger partial charge in [-0.25, -0.2) is 0 Å². The van der Waals surface area contributed by atoms with E-state index in [1.54, 1.807) is 0 Å². The van der Waals surface area contributed by atoms with Crippen LogP contribution in [0.25, 0.3) is 55.6 Å². The van der Waals surface area contributed by atoms with Crippen LogP contribution in [0.5, 0.6) is 0 Å². The van der Waals surface area contributed by atoms with Crippen LogP contribution in [0.1, 0.15) is 47.2 Å². The molecule has 2 aliphatic rings. The number of rotatable bonds is 7. The summed E-state index contributed by atoms with van der Waals surface area (Å²) in [5.74, 6) is 0. The van der Waals surface area contributed by atoms with E-state index in [9.17, 15) is 0 Å². The molecular weight excluding hydrogens is 783 g/mol. The van der Waals surface area contributed by atoms with Crippen LogP contribution in [-0.2, 0) is 10.8 Å². The van der Waals surface area contributed by atoms with Crippen LogP contribution in [0.4, 0.5) is 17.1 Å². The van der Waals surface area contributed by atoms with Gasteiger partial charge in [0.05, 0.1) is 5.41 Å². The van der Waals surface area contributed by atoms with Crippen molar-refractivity contribution in [1.29, 1.82) is 0 Å². The maximum Gasteiger partial charge on any atom is 0.0719 e. The first-order chi connectivity index (χ1) is 32.0. The molecule has 308 valence electrons. The highest BCUT2D eigenvalue weighted by Crippen LogP contribution is 2.62. The highest BCUT2D eigenvalue weighted by molar-refractivity contribution is 5.91. The van der Waals surface area contributed by atoms with Gasteiger partial charge in [-0.2, -0.15) is 0 Å². The van der Waals surface area contributed by atoms with Crippen LogP contribution in [0.3, 0.4) is 0 Å². The molecule has 0 bridgehead atoms. The highest BCUT2D eigenvalue weighted by atomic mass is 15.1. The van der Waals surface area contributed by atoms with E-state index in [-0.39, 0.29) is 5.41 Å². The lowest BCUT2D eigenvalue weighted by molar-refractivity contribution is 0.563. The average Bonchev–Trinajstić information content (AvgIpc) is 3.67. The number of fused-ring (bicyclic) bond motifs is 9. The Balaban J connectivity index is 0.925. The third kappa shape index (κ3) is 6.22. The third-order valence-corrected chi connectivity index (χ3v) is 14.2. The van der Waals surface area contributed by atoms with Crippen LogP contribution < -0.4 is 4.90 Å². The van der Waals surface area contributed by atoms with Gasteiger partial charge in [0.2, 0.25) is 0 Å². The molecule has 0 atom stereocenters. The van der Waals surface area contributed by atoms with Crippen molar-refractivity contribution in [2.75, 3.05) is 4.90 Å². The fourth-order valence-electron chi connectivity index (χ4n) is 11.0. The summed E-state index contributed by atoms with van der Waals surface area (Å²) in [6.45, 7) is 4.77. The molecule has 0 aliphatic heterocycles. The Bertz CT molecular complexity index is 3230. The molecule has 2 aliphatic carbocycles. The van der Waals surface area contributed by atoms with Gasteiger partial charge in [0.15, 0.2) is 0 Å². The Morgan fingerprint density at radius 3 is 1.15 bits per heavy atom. The van der Waals surface area contributed by atoms with E-state index in [0.29, 0.717) is 0 Å². The zero-order chi connectivity index (χ0) is 43.5. The summed E-state index contributed by atoms with van der Waals surface area (Å²) in [5.41, 5.74) is 23.3. The van der Waals surface area contributed by atoms with Crippen molar-refractivity contribution in [2.45, 2.75) is 24.7 Å². The summed E-state index contributed by atoms with van der Waals surface area (Å²) in [5, 5.41) is 0. The van der Waals surface area contributed by atoms with Crippen molar-refractivity contribution in [3.05, 3.63) is 282 Å². The van der Waals surface area contributed by atoms with Gasteiger partial charge in [0.1, 0.15) is 0 Å². The number of benzene rings is 10. The fraction of sp³-hybridized carbons (Fsp3) is 0.0625. The lowest BCUT2D eigenvalue weighted by Crippen LogP contribution is -2.40. The van der Waals surface area contributed by atoms with Crippen molar-refractivity contribution in [3.63, 3.8) is 0 Å². The van der Waals surface area contributed by atoms with E-state index in [0.717, 1.165) is 17.1 Å². The molecule has 0 amide bonds. The van der Waals surface area contributed by atoms with E-state index in [1.807, 2.05) is 0 Å². The highest BCUT2D eigenvalue weighted by Gasteiger charge is 2.53. The molecule has 0 saturated heterocycles. The standard InChI is InChI=1S/C64H47N/c1-63(2)58-24-11-13-26-60(58)64(61-27-14-12-25-59(61)63)57-23-10-9-22-55(57)56-41-36-51(43-62(56)64)49-30-28-48(29-31-49)50-20-15-21-54(42-50)65(52-37-32-46(33-38-52)44-16-5-3-6-17-44)53-39-34-47(35-40-53)45-18-7-4-8-19-45/h3-43H,1-2H3. The lowest BCUT2D eigenvalue weighted by Gasteiger charge is -2.46. The molecule has 65 heavy (non-hydrogen) atoms. The second-order valence-corrected chi connectivity index (χ2v) is 18.1. The Labute approximate surface area is 382 Å². The normalized spacial score (nSPS) is 13.6. The van der Waals surface area contributed by atoms with Crippen LogP contribution in [-0.4, -0.2) is 0 Å². The number of anilines is 3. The third-order valence-electron chi connectivity index (χ3n) is 14.2. The van der Waals surface area contributed by atoms with Gasteiger partial charge in [0.25, 0.3) is 0 Å². The van der Waals surface area contributed by atoms with Gasteiger partial charge in [-0.05, 0) is 131 Å². The minimum Gasteiger partial charge on any atom is -0.310 e. The van der Waals surface area contributed by atoms with Crippen molar-refractivity contribution in [3.8, 4) is 55.6 Å². The van der Waals surface area contributed by atoms with Gasteiger partial charge < -0.3 is 4.90 Å². The zero-order valence-corrected chi connectivity index (χ0v) is 36.6. The molecule has 0 heterocycles. The quantitative estimate of drug-likeness (QED) is 0.155. The van der Waals surface area contributed by atoms with Crippen LogP contribution in [0.2, 0.25) is 0 Å². The van der Waals surface area contributed by atoms with Crippen molar-refractivity contribution >= 4 is 17.1 Å². The van der Waals surface area contributed by atoms with E-state index >= 15 is 0 Å². The lowest BCUT2D eigenvalue weighted by atomic mass is 9.55. The summed E-state index contributed by atoms with van der Waals surface area (Å²) < 4.78 is 0. The Morgan fingerprint density at radius 1 is 0.246 bits per heavy atom.